The summed E-state index contributed by atoms with van der Waals surface area (Å²) in [6, 6.07) is 16.0. The van der Waals surface area contributed by atoms with Crippen LogP contribution in [0, 0.1) is 6.92 Å². The molecule has 0 radical (unpaired) electrons. The molecular formula is C17H13BrN2OS. The van der Waals surface area contributed by atoms with Gasteiger partial charge >= 0.3 is 0 Å². The van der Waals surface area contributed by atoms with Gasteiger partial charge in [0.1, 0.15) is 0 Å². The Bertz CT molecular complexity index is 815. The van der Waals surface area contributed by atoms with E-state index in [1.54, 1.807) is 6.20 Å². The first-order chi connectivity index (χ1) is 10.6. The largest absolute Gasteiger partial charge is 0.320 e. The molecule has 0 spiro atoms. The minimum Gasteiger partial charge on any atom is -0.320 e. The monoisotopic (exact) mass is 372 g/mol. The zero-order valence-corrected chi connectivity index (χ0v) is 14.2. The van der Waals surface area contributed by atoms with Crippen LogP contribution in [0.25, 0.3) is 11.1 Å². The molecule has 5 heteroatoms. The summed E-state index contributed by atoms with van der Waals surface area (Å²) in [5.74, 6) is -0.191. The van der Waals surface area contributed by atoms with Gasteiger partial charge in [0.05, 0.1) is 9.98 Å². The first kappa shape index (κ1) is 14.9. The van der Waals surface area contributed by atoms with E-state index < -0.39 is 0 Å². The topological polar surface area (TPSA) is 42.0 Å². The van der Waals surface area contributed by atoms with Crippen LogP contribution < -0.4 is 5.32 Å². The van der Waals surface area contributed by atoms with Crippen molar-refractivity contribution in [3.63, 3.8) is 0 Å². The molecule has 1 N–H and O–H groups in total. The molecule has 3 aromatic rings. The third kappa shape index (κ3) is 3.10. The second kappa shape index (κ2) is 6.42. The lowest BCUT2D eigenvalue weighted by molar-refractivity contribution is 0.102. The summed E-state index contributed by atoms with van der Waals surface area (Å²) in [7, 11) is 0. The number of hydrogen-bond acceptors (Lipinski definition) is 3. The van der Waals surface area contributed by atoms with Gasteiger partial charge < -0.3 is 5.32 Å². The summed E-state index contributed by atoms with van der Waals surface area (Å²) in [5.41, 5.74) is 4.09. The van der Waals surface area contributed by atoms with Gasteiger partial charge in [0.15, 0.2) is 5.01 Å². The third-order valence-electron chi connectivity index (χ3n) is 3.34. The molecule has 0 aliphatic rings. The van der Waals surface area contributed by atoms with E-state index in [9.17, 15) is 4.79 Å². The second-order valence-corrected chi connectivity index (χ2v) is 7.18. The number of aromatic nitrogens is 1. The number of amides is 1. The third-order valence-corrected chi connectivity index (χ3v) is 4.81. The van der Waals surface area contributed by atoms with Gasteiger partial charge in [-0.15, -0.1) is 11.3 Å². The van der Waals surface area contributed by atoms with Crippen molar-refractivity contribution in [2.24, 2.45) is 0 Å². The predicted octanol–water partition coefficient (Wildman–Crippen LogP) is 5.13. The number of benzene rings is 2. The fourth-order valence-corrected chi connectivity index (χ4v) is 3.34. The smallest absolute Gasteiger partial charge is 0.284 e. The van der Waals surface area contributed by atoms with Crippen LogP contribution in [0.4, 0.5) is 5.69 Å². The summed E-state index contributed by atoms with van der Waals surface area (Å²) in [6.07, 6.45) is 1.63. The maximum Gasteiger partial charge on any atom is 0.284 e. The Morgan fingerprint density at radius 2 is 1.91 bits per heavy atom. The Hall–Kier alpha value is -1.98. The molecular weight excluding hydrogens is 360 g/mol. The number of carbonyl (C=O) groups is 1. The van der Waals surface area contributed by atoms with Crippen molar-refractivity contribution in [3.05, 3.63) is 69.1 Å². The number of thiazole rings is 1. The molecule has 0 unspecified atom stereocenters. The number of nitrogens with zero attached hydrogens (tertiary/aromatic N) is 1. The summed E-state index contributed by atoms with van der Waals surface area (Å²) in [4.78, 5) is 16.3. The highest BCUT2D eigenvalue weighted by Crippen LogP contribution is 2.29. The van der Waals surface area contributed by atoms with Crippen molar-refractivity contribution in [3.8, 4) is 11.1 Å². The van der Waals surface area contributed by atoms with E-state index in [4.69, 9.17) is 0 Å². The summed E-state index contributed by atoms with van der Waals surface area (Å²) in [5, 5.41) is 3.38. The van der Waals surface area contributed by atoms with Crippen LogP contribution in [0.5, 0.6) is 0 Å². The van der Waals surface area contributed by atoms with Crippen LogP contribution in [-0.4, -0.2) is 10.9 Å². The van der Waals surface area contributed by atoms with Crippen molar-refractivity contribution >= 4 is 38.9 Å². The first-order valence-corrected chi connectivity index (χ1v) is 8.34. The van der Waals surface area contributed by atoms with Gasteiger partial charge in [0, 0.05) is 5.69 Å². The molecule has 0 aliphatic carbocycles. The lowest BCUT2D eigenvalue weighted by Crippen LogP contribution is -2.12. The fraction of sp³-hybridized carbons (Fsp3) is 0.0588. The Kier molecular flexibility index (Phi) is 4.36. The summed E-state index contributed by atoms with van der Waals surface area (Å²) < 4.78 is 0.840. The van der Waals surface area contributed by atoms with Crippen molar-refractivity contribution in [2.45, 2.75) is 6.92 Å². The molecule has 0 atom stereocenters. The lowest BCUT2D eigenvalue weighted by Gasteiger charge is -2.12. The van der Waals surface area contributed by atoms with E-state index in [0.29, 0.717) is 5.01 Å². The Morgan fingerprint density at radius 3 is 2.59 bits per heavy atom. The molecule has 1 amide bonds. The molecule has 3 nitrogen and oxygen atoms in total. The van der Waals surface area contributed by atoms with Crippen LogP contribution in [0.3, 0.4) is 0 Å². The van der Waals surface area contributed by atoms with Gasteiger partial charge in [-0.2, -0.15) is 0 Å². The molecule has 22 heavy (non-hydrogen) atoms. The minimum absolute atomic E-state index is 0.191. The molecule has 0 aliphatic heterocycles. The Balaban J connectivity index is 1.91. The van der Waals surface area contributed by atoms with Crippen LogP contribution >= 0.6 is 27.3 Å². The molecule has 3 rings (SSSR count). The molecule has 1 aromatic heterocycles. The van der Waals surface area contributed by atoms with E-state index in [1.807, 2.05) is 37.3 Å². The zero-order valence-electron chi connectivity index (χ0n) is 11.8. The van der Waals surface area contributed by atoms with Crippen LogP contribution in [0.1, 0.15) is 15.4 Å². The van der Waals surface area contributed by atoms with Crippen LogP contribution in [-0.2, 0) is 0 Å². The van der Waals surface area contributed by atoms with Gasteiger partial charge in [-0.3, -0.25) is 4.79 Å². The SMILES string of the molecule is Cc1c(NC(=O)c2ncc(Br)s2)cccc1-c1ccccc1. The normalized spacial score (nSPS) is 10.5. The van der Waals surface area contributed by atoms with E-state index in [2.05, 4.69) is 44.4 Å². The summed E-state index contributed by atoms with van der Waals surface area (Å²) >= 11 is 4.63. The zero-order chi connectivity index (χ0) is 15.5. The van der Waals surface area contributed by atoms with E-state index in [0.717, 1.165) is 26.2 Å². The number of halogens is 1. The molecule has 0 bridgehead atoms. The minimum atomic E-state index is -0.191. The quantitative estimate of drug-likeness (QED) is 0.691. The highest BCUT2D eigenvalue weighted by atomic mass is 79.9. The molecule has 1 heterocycles. The van der Waals surface area contributed by atoms with Crippen molar-refractivity contribution in [1.29, 1.82) is 0 Å². The number of anilines is 1. The highest BCUT2D eigenvalue weighted by Gasteiger charge is 2.13. The van der Waals surface area contributed by atoms with Gasteiger partial charge in [-0.05, 0) is 45.6 Å². The predicted molar refractivity (Wildman–Crippen MR) is 94.4 cm³/mol. The van der Waals surface area contributed by atoms with Crippen molar-refractivity contribution in [2.75, 3.05) is 5.32 Å². The van der Waals surface area contributed by atoms with Crippen molar-refractivity contribution in [1.82, 2.24) is 4.98 Å². The number of rotatable bonds is 3. The maximum atomic E-state index is 12.2. The van der Waals surface area contributed by atoms with E-state index in [-0.39, 0.29) is 5.91 Å². The molecule has 0 saturated carbocycles. The number of hydrogen-bond donors (Lipinski definition) is 1. The van der Waals surface area contributed by atoms with E-state index in [1.165, 1.54) is 11.3 Å². The first-order valence-electron chi connectivity index (χ1n) is 6.73. The molecule has 110 valence electrons. The van der Waals surface area contributed by atoms with E-state index >= 15 is 0 Å². The van der Waals surface area contributed by atoms with Gasteiger partial charge in [0.2, 0.25) is 0 Å². The lowest BCUT2D eigenvalue weighted by atomic mass is 9.99. The van der Waals surface area contributed by atoms with Gasteiger partial charge in [-0.25, -0.2) is 4.98 Å². The van der Waals surface area contributed by atoms with Gasteiger partial charge in [0.25, 0.3) is 5.91 Å². The number of nitrogens with one attached hydrogen (secondary N) is 1. The molecule has 2 aromatic carbocycles. The highest BCUT2D eigenvalue weighted by molar-refractivity contribution is 9.11. The average molecular weight is 373 g/mol. The van der Waals surface area contributed by atoms with Crippen LogP contribution in [0.15, 0.2) is 58.5 Å². The second-order valence-electron chi connectivity index (χ2n) is 4.77. The standard InChI is InChI=1S/C17H13BrN2OS/c1-11-13(12-6-3-2-4-7-12)8-5-9-14(11)20-16(21)17-19-10-15(18)22-17/h2-10H,1H3,(H,20,21). The van der Waals surface area contributed by atoms with Crippen molar-refractivity contribution < 1.29 is 4.79 Å². The molecule has 0 fully saturated rings. The Morgan fingerprint density at radius 1 is 1.14 bits per heavy atom. The maximum absolute atomic E-state index is 12.2. The Labute approximate surface area is 141 Å². The van der Waals surface area contributed by atoms with Crippen LogP contribution in [0.2, 0.25) is 0 Å². The number of carbonyl (C=O) groups excluding carboxylic acids is 1. The fourth-order valence-electron chi connectivity index (χ4n) is 2.24. The summed E-state index contributed by atoms with van der Waals surface area (Å²) in [6.45, 7) is 2.01. The molecule has 0 saturated heterocycles. The van der Waals surface area contributed by atoms with Gasteiger partial charge in [-0.1, -0.05) is 42.5 Å². The average Bonchev–Trinajstić information content (AvgIpc) is 2.97.